The molecule has 3 heteroatoms. The number of nitrogens with zero attached hydrogens (tertiary/aromatic N) is 2. The van der Waals surface area contributed by atoms with Gasteiger partial charge >= 0.3 is 0 Å². The first-order chi connectivity index (χ1) is 13.2. The normalized spacial score (nSPS) is 21.9. The van der Waals surface area contributed by atoms with E-state index in [1.165, 1.54) is 57.3 Å². The van der Waals surface area contributed by atoms with Crippen molar-refractivity contribution in [2.45, 2.75) is 33.2 Å². The summed E-state index contributed by atoms with van der Waals surface area (Å²) in [5, 5.41) is 1.19. The number of hydrogen-bond donors (Lipinski definition) is 0. The molecule has 2 aromatic carbocycles. The number of fused-ring (bicyclic) bond motifs is 1. The van der Waals surface area contributed by atoms with Gasteiger partial charge in [-0.15, -0.1) is 11.3 Å². The average molecular weight is 375 g/mol. The van der Waals surface area contributed by atoms with Gasteiger partial charge in [0.1, 0.15) is 5.01 Å². The summed E-state index contributed by atoms with van der Waals surface area (Å²) in [5.41, 5.74) is 6.55. The first-order valence-electron chi connectivity index (χ1n) is 10.1. The van der Waals surface area contributed by atoms with Crippen molar-refractivity contribution in [1.82, 2.24) is 9.88 Å². The molecule has 0 saturated heterocycles. The molecule has 0 amide bonds. The monoisotopic (exact) mass is 374 g/mol. The van der Waals surface area contributed by atoms with Crippen LogP contribution >= 0.6 is 11.3 Å². The Hall–Kier alpha value is -1.97. The van der Waals surface area contributed by atoms with Crippen molar-refractivity contribution in [3.8, 4) is 21.7 Å². The van der Waals surface area contributed by atoms with Gasteiger partial charge in [0.15, 0.2) is 0 Å². The molecule has 0 bridgehead atoms. The van der Waals surface area contributed by atoms with Crippen molar-refractivity contribution in [1.29, 1.82) is 0 Å². The van der Waals surface area contributed by atoms with Gasteiger partial charge in [0.25, 0.3) is 0 Å². The summed E-state index contributed by atoms with van der Waals surface area (Å²) < 4.78 is 0. The van der Waals surface area contributed by atoms with Crippen LogP contribution in [-0.4, -0.2) is 23.0 Å². The SMILES string of the molecule is Cc1c(-c2ccccc2)cccc1-c1nc2c(s1)CN(CC1CC1C)CC2. The summed E-state index contributed by atoms with van der Waals surface area (Å²) in [5.74, 6) is 1.87. The zero-order valence-corrected chi connectivity index (χ0v) is 16.9. The average Bonchev–Trinajstić information content (AvgIpc) is 3.21. The van der Waals surface area contributed by atoms with Crippen molar-refractivity contribution in [3.63, 3.8) is 0 Å². The van der Waals surface area contributed by atoms with Gasteiger partial charge in [0.05, 0.1) is 5.69 Å². The molecule has 2 aliphatic rings. The van der Waals surface area contributed by atoms with Crippen LogP contribution in [-0.2, 0) is 13.0 Å². The van der Waals surface area contributed by atoms with E-state index in [1.807, 2.05) is 11.3 Å². The predicted octanol–water partition coefficient (Wildman–Crippen LogP) is 5.80. The zero-order chi connectivity index (χ0) is 18.4. The summed E-state index contributed by atoms with van der Waals surface area (Å²) in [6, 6.07) is 17.3. The van der Waals surface area contributed by atoms with Gasteiger partial charge in [-0.1, -0.05) is 55.5 Å². The van der Waals surface area contributed by atoms with E-state index in [9.17, 15) is 0 Å². The van der Waals surface area contributed by atoms with E-state index in [0.717, 1.165) is 24.8 Å². The van der Waals surface area contributed by atoms with Crippen molar-refractivity contribution in [2.75, 3.05) is 13.1 Å². The number of aromatic nitrogens is 1. The highest BCUT2D eigenvalue weighted by Gasteiger charge is 2.35. The largest absolute Gasteiger partial charge is 0.298 e. The van der Waals surface area contributed by atoms with E-state index < -0.39 is 0 Å². The lowest BCUT2D eigenvalue weighted by Gasteiger charge is -2.25. The van der Waals surface area contributed by atoms with Crippen molar-refractivity contribution < 1.29 is 0 Å². The molecule has 3 aromatic rings. The Balaban J connectivity index is 1.43. The van der Waals surface area contributed by atoms with Gasteiger partial charge < -0.3 is 0 Å². The predicted molar refractivity (Wildman–Crippen MR) is 114 cm³/mol. The third-order valence-electron chi connectivity index (χ3n) is 6.23. The van der Waals surface area contributed by atoms with E-state index >= 15 is 0 Å². The van der Waals surface area contributed by atoms with E-state index in [4.69, 9.17) is 4.98 Å². The molecule has 0 spiro atoms. The van der Waals surface area contributed by atoms with Crippen LogP contribution in [0.3, 0.4) is 0 Å². The minimum Gasteiger partial charge on any atom is -0.298 e. The summed E-state index contributed by atoms with van der Waals surface area (Å²) in [6.07, 6.45) is 2.52. The molecule has 27 heavy (non-hydrogen) atoms. The van der Waals surface area contributed by atoms with Crippen molar-refractivity contribution >= 4 is 11.3 Å². The second-order valence-electron chi connectivity index (χ2n) is 8.19. The number of hydrogen-bond acceptors (Lipinski definition) is 3. The molecule has 5 rings (SSSR count). The Kier molecular flexibility index (Phi) is 4.37. The Labute approximate surface area is 165 Å². The third-order valence-corrected chi connectivity index (χ3v) is 7.34. The van der Waals surface area contributed by atoms with Gasteiger partial charge in [-0.2, -0.15) is 0 Å². The molecule has 0 N–H and O–H groups in total. The molecule has 1 fully saturated rings. The molecule has 1 aliphatic heterocycles. The highest BCUT2D eigenvalue weighted by Crippen LogP contribution is 2.40. The first-order valence-corrected chi connectivity index (χ1v) is 10.9. The highest BCUT2D eigenvalue weighted by atomic mass is 32.1. The Bertz CT molecular complexity index is 960. The molecule has 2 heterocycles. The summed E-state index contributed by atoms with van der Waals surface area (Å²) in [7, 11) is 0. The topological polar surface area (TPSA) is 16.1 Å². The van der Waals surface area contributed by atoms with Gasteiger partial charge in [0.2, 0.25) is 0 Å². The molecule has 0 radical (unpaired) electrons. The second-order valence-corrected chi connectivity index (χ2v) is 9.27. The zero-order valence-electron chi connectivity index (χ0n) is 16.1. The minimum atomic E-state index is 0.934. The molecule has 1 aliphatic carbocycles. The van der Waals surface area contributed by atoms with E-state index in [2.05, 4.69) is 67.3 Å². The summed E-state index contributed by atoms with van der Waals surface area (Å²) in [6.45, 7) is 8.15. The van der Waals surface area contributed by atoms with Crippen LogP contribution in [0.25, 0.3) is 21.7 Å². The second kappa shape index (κ2) is 6.88. The van der Waals surface area contributed by atoms with Crippen LogP contribution in [0.4, 0.5) is 0 Å². The number of benzene rings is 2. The van der Waals surface area contributed by atoms with Gasteiger partial charge in [-0.25, -0.2) is 4.98 Å². The fourth-order valence-electron chi connectivity index (χ4n) is 4.30. The van der Waals surface area contributed by atoms with E-state index in [0.29, 0.717) is 0 Å². The number of thiazole rings is 1. The smallest absolute Gasteiger partial charge is 0.124 e. The Morgan fingerprint density at radius 3 is 2.63 bits per heavy atom. The molecule has 138 valence electrons. The lowest BCUT2D eigenvalue weighted by molar-refractivity contribution is 0.241. The van der Waals surface area contributed by atoms with E-state index in [1.54, 1.807) is 0 Å². The summed E-state index contributed by atoms with van der Waals surface area (Å²) >= 11 is 1.91. The van der Waals surface area contributed by atoms with Crippen LogP contribution < -0.4 is 0 Å². The van der Waals surface area contributed by atoms with Gasteiger partial charge in [-0.05, 0) is 41.9 Å². The van der Waals surface area contributed by atoms with Crippen molar-refractivity contribution in [3.05, 3.63) is 64.7 Å². The quantitative estimate of drug-likeness (QED) is 0.574. The lowest BCUT2D eigenvalue weighted by Crippen LogP contribution is -2.31. The van der Waals surface area contributed by atoms with Crippen LogP contribution in [0.1, 0.15) is 29.5 Å². The molecular formula is C24H26N2S. The fourth-order valence-corrected chi connectivity index (χ4v) is 5.54. The Morgan fingerprint density at radius 1 is 1.07 bits per heavy atom. The van der Waals surface area contributed by atoms with Crippen LogP contribution in [0.5, 0.6) is 0 Å². The van der Waals surface area contributed by atoms with E-state index in [-0.39, 0.29) is 0 Å². The van der Waals surface area contributed by atoms with Crippen LogP contribution in [0, 0.1) is 18.8 Å². The van der Waals surface area contributed by atoms with Gasteiger partial charge in [-0.3, -0.25) is 4.90 Å². The first kappa shape index (κ1) is 17.2. The lowest BCUT2D eigenvalue weighted by atomic mass is 9.97. The van der Waals surface area contributed by atoms with Crippen LogP contribution in [0.2, 0.25) is 0 Å². The van der Waals surface area contributed by atoms with Gasteiger partial charge in [0, 0.05) is 36.5 Å². The van der Waals surface area contributed by atoms with Crippen LogP contribution in [0.15, 0.2) is 48.5 Å². The maximum absolute atomic E-state index is 5.05. The fraction of sp³-hybridized carbons (Fsp3) is 0.375. The maximum atomic E-state index is 5.05. The third kappa shape index (κ3) is 3.35. The molecule has 2 atom stereocenters. The standard InChI is InChI=1S/C24H26N2S/c1-16-13-19(16)14-26-12-11-22-23(15-26)27-24(25-22)21-10-6-9-20(17(21)2)18-7-4-3-5-8-18/h3-10,16,19H,11-15H2,1-2H3. The maximum Gasteiger partial charge on any atom is 0.124 e. The molecule has 1 aromatic heterocycles. The number of rotatable bonds is 4. The minimum absolute atomic E-state index is 0.934. The van der Waals surface area contributed by atoms with Crippen molar-refractivity contribution in [2.24, 2.45) is 11.8 Å². The Morgan fingerprint density at radius 2 is 1.85 bits per heavy atom. The highest BCUT2D eigenvalue weighted by molar-refractivity contribution is 7.15. The molecule has 2 nitrogen and oxygen atoms in total. The molecule has 2 unspecified atom stereocenters. The summed E-state index contributed by atoms with van der Waals surface area (Å²) in [4.78, 5) is 9.18. The molecule has 1 saturated carbocycles. The molecular weight excluding hydrogens is 348 g/mol.